The molecule has 0 atom stereocenters. The summed E-state index contributed by atoms with van der Waals surface area (Å²) in [6.07, 6.45) is 3.19. The Kier molecular flexibility index (Phi) is 6.24. The third kappa shape index (κ3) is 4.78. The van der Waals surface area contributed by atoms with E-state index in [1.54, 1.807) is 37.5 Å². The molecule has 0 fully saturated rings. The van der Waals surface area contributed by atoms with Gasteiger partial charge in [-0.1, -0.05) is 23.8 Å². The van der Waals surface area contributed by atoms with Gasteiger partial charge in [-0.3, -0.25) is 14.5 Å². The lowest BCUT2D eigenvalue weighted by Crippen LogP contribution is -2.22. The van der Waals surface area contributed by atoms with E-state index in [1.807, 2.05) is 37.4 Å². The molecule has 0 bridgehead atoms. The largest absolute Gasteiger partial charge is 0.497 e. The number of benzene rings is 2. The number of aryl methyl sites for hydroxylation is 2. The molecule has 1 heterocycles. The fourth-order valence-corrected chi connectivity index (χ4v) is 3.81. The highest BCUT2D eigenvalue weighted by Gasteiger charge is 2.17. The molecular formula is C23H22N2O3S. The number of amides is 1. The summed E-state index contributed by atoms with van der Waals surface area (Å²) < 4.78 is 5.17. The van der Waals surface area contributed by atoms with E-state index in [2.05, 4.69) is 4.98 Å². The lowest BCUT2D eigenvalue weighted by atomic mass is 10.0. The second-order valence-electron chi connectivity index (χ2n) is 6.62. The highest BCUT2D eigenvalue weighted by atomic mass is 32.1. The van der Waals surface area contributed by atoms with Crippen LogP contribution < -0.4 is 9.64 Å². The number of methoxy groups -OCH3 is 1. The van der Waals surface area contributed by atoms with Crippen molar-refractivity contribution in [3.63, 3.8) is 0 Å². The maximum atomic E-state index is 12.5. The molecule has 2 aromatic carbocycles. The summed E-state index contributed by atoms with van der Waals surface area (Å²) in [6, 6.07) is 13.0. The standard InChI is InChI=1S/C23H22N2O3S/c1-15-5-11-21(16(2)13-15)22(27)12-6-18-14-29-23(24-18)25(17(3)26)19-7-9-20(28-4)10-8-19/h5-14H,1-4H3. The van der Waals surface area contributed by atoms with Crippen LogP contribution in [-0.2, 0) is 4.79 Å². The molecule has 3 rings (SSSR count). The van der Waals surface area contributed by atoms with E-state index in [1.165, 1.54) is 29.2 Å². The van der Waals surface area contributed by atoms with E-state index >= 15 is 0 Å². The summed E-state index contributed by atoms with van der Waals surface area (Å²) in [4.78, 5) is 30.7. The zero-order valence-corrected chi connectivity index (χ0v) is 17.6. The van der Waals surface area contributed by atoms with Gasteiger partial charge in [-0.25, -0.2) is 4.98 Å². The predicted octanol–water partition coefficient (Wildman–Crippen LogP) is 5.35. The average molecular weight is 407 g/mol. The monoisotopic (exact) mass is 406 g/mol. The van der Waals surface area contributed by atoms with Crippen LogP contribution in [0.4, 0.5) is 10.8 Å². The van der Waals surface area contributed by atoms with Gasteiger partial charge in [0.25, 0.3) is 0 Å². The van der Waals surface area contributed by atoms with E-state index in [0.29, 0.717) is 27.8 Å². The molecule has 29 heavy (non-hydrogen) atoms. The zero-order chi connectivity index (χ0) is 21.0. The van der Waals surface area contributed by atoms with Crippen LogP contribution in [0.3, 0.4) is 0 Å². The molecule has 0 N–H and O–H groups in total. The molecule has 1 amide bonds. The maximum absolute atomic E-state index is 12.5. The van der Waals surface area contributed by atoms with Crippen LogP contribution in [0.25, 0.3) is 6.08 Å². The number of anilines is 2. The summed E-state index contributed by atoms with van der Waals surface area (Å²) in [6.45, 7) is 5.41. The van der Waals surface area contributed by atoms with Crippen LogP contribution in [0.15, 0.2) is 53.9 Å². The Labute approximate surface area is 174 Å². The second-order valence-corrected chi connectivity index (χ2v) is 7.46. The van der Waals surface area contributed by atoms with Crippen molar-refractivity contribution in [3.8, 4) is 5.75 Å². The van der Waals surface area contributed by atoms with Crippen molar-refractivity contribution in [2.75, 3.05) is 12.0 Å². The molecule has 0 unspecified atom stereocenters. The van der Waals surface area contributed by atoms with Crippen molar-refractivity contribution < 1.29 is 14.3 Å². The Balaban J connectivity index is 1.81. The highest BCUT2D eigenvalue weighted by molar-refractivity contribution is 7.14. The molecule has 0 saturated carbocycles. The van der Waals surface area contributed by atoms with Crippen LogP contribution >= 0.6 is 11.3 Å². The smallest absolute Gasteiger partial charge is 0.230 e. The van der Waals surface area contributed by atoms with E-state index in [4.69, 9.17) is 4.74 Å². The van der Waals surface area contributed by atoms with Gasteiger partial charge < -0.3 is 4.74 Å². The first kappa shape index (κ1) is 20.5. The number of hydrogen-bond acceptors (Lipinski definition) is 5. The van der Waals surface area contributed by atoms with E-state index in [0.717, 1.165) is 11.1 Å². The van der Waals surface area contributed by atoms with Crippen LogP contribution in [0, 0.1) is 13.8 Å². The minimum absolute atomic E-state index is 0.0735. The molecule has 5 nitrogen and oxygen atoms in total. The van der Waals surface area contributed by atoms with Gasteiger partial charge in [0, 0.05) is 17.9 Å². The number of carbonyl (C=O) groups excluding carboxylic acids is 2. The number of ketones is 1. The number of thiazole rings is 1. The molecule has 6 heteroatoms. The molecule has 0 aliphatic heterocycles. The molecule has 0 aliphatic rings. The number of carbonyl (C=O) groups is 2. The van der Waals surface area contributed by atoms with E-state index < -0.39 is 0 Å². The van der Waals surface area contributed by atoms with Gasteiger partial charge in [0.1, 0.15) is 5.75 Å². The van der Waals surface area contributed by atoms with Gasteiger partial charge in [0.05, 0.1) is 18.5 Å². The van der Waals surface area contributed by atoms with Gasteiger partial charge in [0.2, 0.25) is 5.91 Å². The fourth-order valence-electron chi connectivity index (χ4n) is 2.95. The second kappa shape index (κ2) is 8.84. The number of aromatic nitrogens is 1. The predicted molar refractivity (Wildman–Crippen MR) is 117 cm³/mol. The Hall–Kier alpha value is -3.25. The lowest BCUT2D eigenvalue weighted by molar-refractivity contribution is -0.115. The number of rotatable bonds is 6. The van der Waals surface area contributed by atoms with Crippen molar-refractivity contribution in [1.82, 2.24) is 4.98 Å². The van der Waals surface area contributed by atoms with Gasteiger partial charge in [0.15, 0.2) is 10.9 Å². The van der Waals surface area contributed by atoms with Crippen LogP contribution in [-0.4, -0.2) is 23.8 Å². The van der Waals surface area contributed by atoms with Crippen LogP contribution in [0.2, 0.25) is 0 Å². The number of ether oxygens (including phenoxy) is 1. The molecule has 0 saturated heterocycles. The Morgan fingerprint density at radius 3 is 2.45 bits per heavy atom. The number of nitrogens with zero attached hydrogens (tertiary/aromatic N) is 2. The summed E-state index contributed by atoms with van der Waals surface area (Å²) in [5.41, 5.74) is 4.07. The molecular weight excluding hydrogens is 384 g/mol. The molecule has 3 aromatic rings. The SMILES string of the molecule is COc1ccc(N(C(C)=O)c2nc(C=CC(=O)c3ccc(C)cc3C)cs2)cc1. The Bertz CT molecular complexity index is 1070. The first-order valence-corrected chi connectivity index (χ1v) is 9.97. The van der Waals surface area contributed by atoms with Gasteiger partial charge in [-0.15, -0.1) is 11.3 Å². The van der Waals surface area contributed by atoms with E-state index in [9.17, 15) is 9.59 Å². The van der Waals surface area contributed by atoms with Crippen molar-refractivity contribution in [2.24, 2.45) is 0 Å². The lowest BCUT2D eigenvalue weighted by Gasteiger charge is -2.18. The van der Waals surface area contributed by atoms with E-state index in [-0.39, 0.29) is 11.7 Å². The van der Waals surface area contributed by atoms with Gasteiger partial charge in [-0.2, -0.15) is 0 Å². The van der Waals surface area contributed by atoms with Crippen LogP contribution in [0.1, 0.15) is 34.1 Å². The Morgan fingerprint density at radius 1 is 1.10 bits per heavy atom. The summed E-state index contributed by atoms with van der Waals surface area (Å²) in [5.74, 6) is 0.493. The normalized spacial score (nSPS) is 10.9. The van der Waals surface area contributed by atoms with Gasteiger partial charge >= 0.3 is 0 Å². The van der Waals surface area contributed by atoms with Crippen molar-refractivity contribution in [3.05, 3.63) is 76.3 Å². The van der Waals surface area contributed by atoms with Crippen molar-refractivity contribution >= 4 is 39.9 Å². The molecule has 0 spiro atoms. The average Bonchev–Trinajstić information content (AvgIpc) is 3.15. The number of hydrogen-bond donors (Lipinski definition) is 0. The highest BCUT2D eigenvalue weighted by Crippen LogP contribution is 2.30. The third-order valence-corrected chi connectivity index (χ3v) is 5.24. The first-order valence-electron chi connectivity index (χ1n) is 9.09. The quantitative estimate of drug-likeness (QED) is 0.409. The summed E-state index contributed by atoms with van der Waals surface area (Å²) in [7, 11) is 1.59. The fraction of sp³-hybridized carbons (Fsp3) is 0.174. The van der Waals surface area contributed by atoms with Crippen molar-refractivity contribution in [2.45, 2.75) is 20.8 Å². The molecule has 0 aliphatic carbocycles. The minimum atomic E-state index is -0.147. The topological polar surface area (TPSA) is 59.5 Å². The summed E-state index contributed by atoms with van der Waals surface area (Å²) in [5, 5.41) is 2.36. The summed E-state index contributed by atoms with van der Waals surface area (Å²) >= 11 is 1.34. The first-order chi connectivity index (χ1) is 13.9. The maximum Gasteiger partial charge on any atom is 0.230 e. The Morgan fingerprint density at radius 2 is 1.83 bits per heavy atom. The molecule has 1 aromatic heterocycles. The minimum Gasteiger partial charge on any atom is -0.497 e. The van der Waals surface area contributed by atoms with Gasteiger partial charge in [-0.05, 0) is 55.8 Å². The third-order valence-electron chi connectivity index (χ3n) is 4.40. The molecule has 0 radical (unpaired) electrons. The zero-order valence-electron chi connectivity index (χ0n) is 16.8. The van der Waals surface area contributed by atoms with Crippen molar-refractivity contribution in [1.29, 1.82) is 0 Å². The van der Waals surface area contributed by atoms with Crippen LogP contribution in [0.5, 0.6) is 5.75 Å². The number of allylic oxidation sites excluding steroid dienone is 1. The molecule has 148 valence electrons.